The highest BCUT2D eigenvalue weighted by Gasteiger charge is 2.19. The molecule has 9 nitrogen and oxygen atoms in total. The van der Waals surface area contributed by atoms with Gasteiger partial charge in [0, 0.05) is 45.2 Å². The zero-order valence-corrected chi connectivity index (χ0v) is 19.2. The molecule has 0 saturated carbocycles. The van der Waals surface area contributed by atoms with Gasteiger partial charge in [0.05, 0.1) is 21.3 Å². The van der Waals surface area contributed by atoms with Gasteiger partial charge in [0.15, 0.2) is 23.0 Å². The largest absolute Gasteiger partial charge is 0.493 e. The van der Waals surface area contributed by atoms with E-state index in [9.17, 15) is 4.79 Å². The molecule has 10 heteroatoms. The maximum absolute atomic E-state index is 11.2. The van der Waals surface area contributed by atoms with Crippen molar-refractivity contribution in [3.8, 4) is 50.4 Å². The molecule has 0 radical (unpaired) electrons. The third-order valence-corrected chi connectivity index (χ3v) is 6.28. The molecule has 172 valence electrons. The number of methoxy groups -OCH3 is 3. The van der Waals surface area contributed by atoms with E-state index in [4.69, 9.17) is 23.8 Å². The van der Waals surface area contributed by atoms with Crippen LogP contribution in [0.3, 0.4) is 0 Å². The zero-order chi connectivity index (χ0) is 23.8. The predicted molar refractivity (Wildman–Crippen MR) is 127 cm³/mol. The lowest BCUT2D eigenvalue weighted by molar-refractivity contribution is 0.0691. The van der Waals surface area contributed by atoms with Crippen molar-refractivity contribution in [2.45, 2.75) is 0 Å². The third-order valence-electron chi connectivity index (χ3n) is 5.39. The minimum absolute atomic E-state index is 0.0274. The summed E-state index contributed by atoms with van der Waals surface area (Å²) >= 11 is 1.28. The number of nitrogens with zero attached hydrogens (tertiary/aromatic N) is 2. The van der Waals surface area contributed by atoms with Gasteiger partial charge in [0.25, 0.3) is 0 Å². The Morgan fingerprint density at radius 2 is 1.79 bits per heavy atom. The highest BCUT2D eigenvalue weighted by Crippen LogP contribution is 2.42. The van der Waals surface area contributed by atoms with E-state index in [1.807, 2.05) is 30.5 Å². The highest BCUT2D eigenvalue weighted by atomic mass is 32.1. The van der Waals surface area contributed by atoms with Gasteiger partial charge in [0.1, 0.15) is 10.7 Å². The fourth-order valence-corrected chi connectivity index (χ4v) is 4.52. The first-order valence-electron chi connectivity index (χ1n) is 10.1. The lowest BCUT2D eigenvalue weighted by Gasteiger charge is -2.13. The van der Waals surface area contributed by atoms with Gasteiger partial charge in [-0.1, -0.05) is 5.16 Å². The second-order valence-electron chi connectivity index (χ2n) is 7.30. The average Bonchev–Trinajstić information content (AvgIpc) is 3.61. The first-order chi connectivity index (χ1) is 16.5. The van der Waals surface area contributed by atoms with Crippen LogP contribution in [0.2, 0.25) is 0 Å². The molecular weight excluding hydrogens is 458 g/mol. The van der Waals surface area contributed by atoms with Crippen LogP contribution in [-0.2, 0) is 0 Å². The van der Waals surface area contributed by atoms with Crippen molar-refractivity contribution < 1.29 is 28.6 Å². The van der Waals surface area contributed by atoms with Crippen LogP contribution in [0.5, 0.6) is 17.2 Å². The van der Waals surface area contributed by atoms with Crippen molar-refractivity contribution in [2.75, 3.05) is 21.3 Å². The normalized spacial score (nSPS) is 11.0. The van der Waals surface area contributed by atoms with E-state index in [0.717, 1.165) is 27.6 Å². The molecule has 0 atom stereocenters. The van der Waals surface area contributed by atoms with Crippen molar-refractivity contribution in [3.05, 3.63) is 53.7 Å². The van der Waals surface area contributed by atoms with Crippen molar-refractivity contribution >= 4 is 28.2 Å². The van der Waals surface area contributed by atoms with Crippen LogP contribution in [0.4, 0.5) is 0 Å². The lowest BCUT2D eigenvalue weighted by Crippen LogP contribution is -1.95. The molecule has 0 fully saturated rings. The second-order valence-corrected chi connectivity index (χ2v) is 8.15. The van der Waals surface area contributed by atoms with Gasteiger partial charge in [-0.15, -0.1) is 11.3 Å². The van der Waals surface area contributed by atoms with Crippen LogP contribution in [0.25, 0.3) is 44.1 Å². The number of carbonyl (C=O) groups is 1. The first kappa shape index (κ1) is 21.5. The standard InChI is InChI=1S/C24H19N3O6S/c1-30-20-7-13(8-21(31-2)22(20)32-3)17-9-19(33-27-17)15-10-25-16-5-4-12(6-14(15)16)23-26-18(11-34-23)24(28)29/h4-11,25H,1-3H3,(H,28,29). The summed E-state index contributed by atoms with van der Waals surface area (Å²) in [5.74, 6) is 1.05. The van der Waals surface area contributed by atoms with E-state index in [1.54, 1.807) is 33.5 Å². The molecule has 0 bridgehead atoms. The molecule has 0 unspecified atom stereocenters. The summed E-state index contributed by atoms with van der Waals surface area (Å²) in [6.45, 7) is 0. The number of hydrogen-bond acceptors (Lipinski definition) is 8. The van der Waals surface area contributed by atoms with Gasteiger partial charge >= 0.3 is 5.97 Å². The first-order valence-corrected chi connectivity index (χ1v) is 11.0. The minimum atomic E-state index is -1.05. The number of carboxylic acid groups (broad SMARTS) is 1. The number of H-pyrrole nitrogens is 1. The van der Waals surface area contributed by atoms with E-state index < -0.39 is 5.97 Å². The van der Waals surface area contributed by atoms with Gasteiger partial charge in [-0.3, -0.25) is 0 Å². The van der Waals surface area contributed by atoms with Gasteiger partial charge < -0.3 is 28.8 Å². The average molecular weight is 477 g/mol. The molecule has 2 aromatic carbocycles. The van der Waals surface area contributed by atoms with E-state index in [1.165, 1.54) is 16.7 Å². The predicted octanol–water partition coefficient (Wildman–Crippen LogP) is 5.34. The molecule has 3 aromatic heterocycles. The maximum Gasteiger partial charge on any atom is 0.355 e. The Morgan fingerprint density at radius 3 is 2.44 bits per heavy atom. The topological polar surface area (TPSA) is 120 Å². The van der Waals surface area contributed by atoms with E-state index in [0.29, 0.717) is 33.7 Å². The number of aromatic amines is 1. The molecule has 34 heavy (non-hydrogen) atoms. The number of rotatable bonds is 7. The molecule has 5 rings (SSSR count). The molecule has 0 aliphatic rings. The summed E-state index contributed by atoms with van der Waals surface area (Å²) in [6.07, 6.45) is 1.85. The summed E-state index contributed by atoms with van der Waals surface area (Å²) in [5.41, 5.74) is 3.91. The van der Waals surface area contributed by atoms with Crippen molar-refractivity contribution in [1.29, 1.82) is 0 Å². The number of thiazole rings is 1. The van der Waals surface area contributed by atoms with Crippen molar-refractivity contribution in [2.24, 2.45) is 0 Å². The number of aromatic nitrogens is 3. The summed E-state index contributed by atoms with van der Waals surface area (Å²) < 4.78 is 21.9. The number of ether oxygens (including phenoxy) is 3. The summed E-state index contributed by atoms with van der Waals surface area (Å²) in [7, 11) is 4.66. The van der Waals surface area contributed by atoms with Crippen molar-refractivity contribution in [3.63, 3.8) is 0 Å². The molecule has 0 amide bonds. The van der Waals surface area contributed by atoms with Gasteiger partial charge in [-0.05, 0) is 30.3 Å². The Labute approximate surface area is 197 Å². The third kappa shape index (κ3) is 3.63. The Kier molecular flexibility index (Phi) is 5.42. The lowest BCUT2D eigenvalue weighted by atomic mass is 10.1. The molecule has 5 aromatic rings. The van der Waals surface area contributed by atoms with Gasteiger partial charge in [-0.2, -0.15) is 0 Å². The Hall–Kier alpha value is -4.31. The highest BCUT2D eigenvalue weighted by molar-refractivity contribution is 7.13. The van der Waals surface area contributed by atoms with Crippen LogP contribution >= 0.6 is 11.3 Å². The summed E-state index contributed by atoms with van der Waals surface area (Å²) in [6, 6.07) is 11.2. The van der Waals surface area contributed by atoms with Gasteiger partial charge in [0.2, 0.25) is 5.75 Å². The quantitative estimate of drug-likeness (QED) is 0.322. The van der Waals surface area contributed by atoms with Crippen LogP contribution in [-0.4, -0.2) is 47.5 Å². The molecule has 0 aliphatic heterocycles. The van der Waals surface area contributed by atoms with E-state index >= 15 is 0 Å². The summed E-state index contributed by atoms with van der Waals surface area (Å²) in [4.78, 5) is 18.6. The zero-order valence-electron chi connectivity index (χ0n) is 18.4. The van der Waals surface area contributed by atoms with Crippen LogP contribution in [0, 0.1) is 0 Å². The van der Waals surface area contributed by atoms with E-state index in [2.05, 4.69) is 15.1 Å². The number of benzene rings is 2. The maximum atomic E-state index is 11.2. The SMILES string of the molecule is COc1cc(-c2cc(-c3c[nH]c4ccc(-c5nc(C(=O)O)cs5)cc34)on2)cc(OC)c1OC. The smallest absolute Gasteiger partial charge is 0.355 e. The second kappa shape index (κ2) is 8.56. The minimum Gasteiger partial charge on any atom is -0.493 e. The monoisotopic (exact) mass is 477 g/mol. The molecule has 3 heterocycles. The Balaban J connectivity index is 1.55. The van der Waals surface area contributed by atoms with E-state index in [-0.39, 0.29) is 5.69 Å². The van der Waals surface area contributed by atoms with Crippen LogP contribution in [0.15, 0.2) is 52.5 Å². The Morgan fingerprint density at radius 1 is 1.03 bits per heavy atom. The molecule has 0 spiro atoms. The van der Waals surface area contributed by atoms with Crippen molar-refractivity contribution in [1.82, 2.24) is 15.1 Å². The molecule has 0 aliphatic carbocycles. The number of aromatic carboxylic acids is 1. The molecule has 0 saturated heterocycles. The molecule has 2 N–H and O–H groups in total. The van der Waals surface area contributed by atoms with Crippen LogP contribution in [0.1, 0.15) is 10.5 Å². The fourth-order valence-electron chi connectivity index (χ4n) is 3.73. The number of hydrogen-bond donors (Lipinski definition) is 2. The number of carboxylic acids is 1. The number of nitrogens with one attached hydrogen (secondary N) is 1. The van der Waals surface area contributed by atoms with Gasteiger partial charge in [-0.25, -0.2) is 9.78 Å². The number of fused-ring (bicyclic) bond motifs is 1. The summed E-state index contributed by atoms with van der Waals surface area (Å²) in [5, 5.41) is 16.5. The Bertz CT molecular complexity index is 1490. The molecular formula is C24H19N3O6S. The van der Waals surface area contributed by atoms with Crippen LogP contribution < -0.4 is 14.2 Å². The fraction of sp³-hybridized carbons (Fsp3) is 0.125.